The number of hydrogen-bond donors (Lipinski definition) is 0. The van der Waals surface area contributed by atoms with Crippen molar-refractivity contribution in [2.75, 3.05) is 32.2 Å². The molecule has 1 heterocycles. The van der Waals surface area contributed by atoms with E-state index in [4.69, 9.17) is 14.2 Å². The molecule has 7 nitrogen and oxygen atoms in total. The van der Waals surface area contributed by atoms with E-state index in [-0.39, 0.29) is 22.3 Å². The third-order valence-corrected chi connectivity index (χ3v) is 8.36. The van der Waals surface area contributed by atoms with Crippen LogP contribution in [0.2, 0.25) is 0 Å². The largest absolute Gasteiger partial charge is 0.496 e. The van der Waals surface area contributed by atoms with Crippen molar-refractivity contribution in [1.29, 1.82) is 15.8 Å². The van der Waals surface area contributed by atoms with Gasteiger partial charge in [-0.3, -0.25) is 0 Å². The molecule has 7 heteroatoms. The minimum Gasteiger partial charge on any atom is -0.496 e. The lowest BCUT2D eigenvalue weighted by Gasteiger charge is -2.33. The van der Waals surface area contributed by atoms with Crippen LogP contribution >= 0.6 is 0 Å². The van der Waals surface area contributed by atoms with E-state index in [0.29, 0.717) is 5.57 Å². The average molecular weight is 621 g/mol. The maximum Gasteiger partial charge on any atom is 0.172 e. The first-order chi connectivity index (χ1) is 22.0. The lowest BCUT2D eigenvalue weighted by Crippen LogP contribution is -2.25. The molecule has 0 bridgehead atoms. The number of ether oxygens (including phenoxy) is 3. The molecule has 0 saturated carbocycles. The van der Waals surface area contributed by atoms with Crippen molar-refractivity contribution >= 4 is 11.8 Å². The van der Waals surface area contributed by atoms with Gasteiger partial charge in [-0.25, -0.2) is 0 Å². The second kappa shape index (κ2) is 16.1. The van der Waals surface area contributed by atoms with Gasteiger partial charge in [0.15, 0.2) is 11.3 Å². The molecule has 1 aliphatic carbocycles. The highest BCUT2D eigenvalue weighted by molar-refractivity contribution is 5.66. The number of benzene rings is 1. The second-order valence-corrected chi connectivity index (χ2v) is 13.0. The topological polar surface area (TPSA) is 102 Å². The van der Waals surface area contributed by atoms with Gasteiger partial charge in [0.2, 0.25) is 0 Å². The molecule has 46 heavy (non-hydrogen) atoms. The van der Waals surface area contributed by atoms with Crippen LogP contribution in [0.25, 0.3) is 6.08 Å². The molecule has 2 aliphatic rings. The summed E-state index contributed by atoms with van der Waals surface area (Å²) in [7, 11) is 3.42. The summed E-state index contributed by atoms with van der Waals surface area (Å²) < 4.78 is 17.7. The van der Waals surface area contributed by atoms with Gasteiger partial charge in [0.25, 0.3) is 0 Å². The summed E-state index contributed by atoms with van der Waals surface area (Å²) in [5.41, 5.74) is 4.06. The number of unbranched alkanes of at least 4 members (excludes halogenated alkanes) is 2. The first-order valence-electron chi connectivity index (χ1n) is 16.1. The first kappa shape index (κ1) is 35.8. The molecule has 0 radical (unpaired) electrons. The van der Waals surface area contributed by atoms with Crippen LogP contribution in [0.1, 0.15) is 85.6 Å². The lowest BCUT2D eigenvalue weighted by molar-refractivity contribution is 0.0954. The number of nitriles is 3. The van der Waals surface area contributed by atoms with Crippen LogP contribution in [0, 0.1) is 39.4 Å². The molecule has 1 aromatic rings. The predicted molar refractivity (Wildman–Crippen MR) is 184 cm³/mol. The van der Waals surface area contributed by atoms with Crippen LogP contribution in [0.3, 0.4) is 0 Å². The van der Waals surface area contributed by atoms with Crippen molar-refractivity contribution in [3.05, 3.63) is 87.5 Å². The van der Waals surface area contributed by atoms with Crippen molar-refractivity contribution in [3.63, 3.8) is 0 Å². The van der Waals surface area contributed by atoms with E-state index in [0.717, 1.165) is 79.8 Å². The number of methoxy groups -OCH3 is 2. The van der Waals surface area contributed by atoms with Crippen molar-refractivity contribution in [1.82, 2.24) is 0 Å². The average Bonchev–Trinajstić information content (AvgIpc) is 3.28. The molecular formula is C39H48N4O3. The number of hydrogen-bond acceptors (Lipinski definition) is 7. The van der Waals surface area contributed by atoms with Crippen LogP contribution in [0.15, 0.2) is 81.9 Å². The molecule has 1 aromatic carbocycles. The standard InChI is InChI=1S/C39H48N4O3/c1-9-11-20-43(21-12-10-2)32-19-18-28(35(22-32)44-7)16-17-30-24-38(3,4)23-29(36(30)45-8)14-13-15-34-33(27-42)37(31(25-40)26-41)46-39(34,5)6/h13-19,22H,9-12,20-21,23-24H2,1-8H3/b15-13+,17-16+,29-14+. The zero-order valence-electron chi connectivity index (χ0n) is 28.8. The monoisotopic (exact) mass is 620 g/mol. The molecule has 3 rings (SSSR count). The summed E-state index contributed by atoms with van der Waals surface area (Å²) in [5, 5.41) is 28.6. The Bertz CT molecular complexity index is 1570. The fourth-order valence-electron chi connectivity index (χ4n) is 6.03. The third-order valence-electron chi connectivity index (χ3n) is 8.36. The van der Waals surface area contributed by atoms with Crippen LogP contribution in [-0.2, 0) is 9.47 Å². The van der Waals surface area contributed by atoms with Gasteiger partial charge in [0, 0.05) is 36.0 Å². The SMILES string of the molecule is CCCCN(CCCC)c1ccc(/C=C/C2=C(OC)C(=C/C=C/C3=C(C#N)C(=C(C#N)C#N)OC3(C)C)/CC(C)(C)C2)c(OC)c1. The van der Waals surface area contributed by atoms with Crippen LogP contribution in [-0.4, -0.2) is 32.9 Å². The molecule has 0 N–H and O–H groups in total. The summed E-state index contributed by atoms with van der Waals surface area (Å²) in [6, 6.07) is 12.3. The van der Waals surface area contributed by atoms with Gasteiger partial charge in [0.1, 0.15) is 40.9 Å². The highest BCUT2D eigenvalue weighted by Crippen LogP contribution is 2.44. The Kier molecular flexibility index (Phi) is 12.5. The minimum atomic E-state index is -0.869. The van der Waals surface area contributed by atoms with Gasteiger partial charge in [-0.15, -0.1) is 0 Å². The van der Waals surface area contributed by atoms with Crippen LogP contribution in [0.5, 0.6) is 5.75 Å². The Morgan fingerprint density at radius 3 is 2.17 bits per heavy atom. The van der Waals surface area contributed by atoms with Crippen molar-refractivity contribution in [2.24, 2.45) is 5.41 Å². The summed E-state index contributed by atoms with van der Waals surface area (Å²) >= 11 is 0. The van der Waals surface area contributed by atoms with E-state index >= 15 is 0 Å². The molecule has 0 atom stereocenters. The highest BCUT2D eigenvalue weighted by Gasteiger charge is 2.38. The van der Waals surface area contributed by atoms with E-state index in [1.165, 1.54) is 5.69 Å². The van der Waals surface area contributed by atoms with E-state index in [1.54, 1.807) is 14.2 Å². The molecule has 0 spiro atoms. The number of nitrogens with zero attached hydrogens (tertiary/aromatic N) is 4. The summed E-state index contributed by atoms with van der Waals surface area (Å²) in [5.74, 6) is 1.70. The molecule has 242 valence electrons. The predicted octanol–water partition coefficient (Wildman–Crippen LogP) is 9.25. The highest BCUT2D eigenvalue weighted by atomic mass is 16.5. The van der Waals surface area contributed by atoms with Crippen LogP contribution < -0.4 is 9.64 Å². The Hall–Kier alpha value is -4.67. The fourth-order valence-corrected chi connectivity index (χ4v) is 6.03. The minimum absolute atomic E-state index is 0.00833. The van der Waals surface area contributed by atoms with Gasteiger partial charge < -0.3 is 19.1 Å². The molecule has 0 amide bonds. The Morgan fingerprint density at radius 1 is 0.935 bits per heavy atom. The molecule has 1 aliphatic heterocycles. The van der Waals surface area contributed by atoms with Crippen molar-refractivity contribution in [3.8, 4) is 24.0 Å². The van der Waals surface area contributed by atoms with Crippen molar-refractivity contribution in [2.45, 2.75) is 85.7 Å². The Balaban J connectivity index is 2.00. The first-order valence-corrected chi connectivity index (χ1v) is 16.1. The molecule has 0 saturated heterocycles. The van der Waals surface area contributed by atoms with E-state index in [1.807, 2.05) is 44.2 Å². The van der Waals surface area contributed by atoms with Crippen molar-refractivity contribution < 1.29 is 14.2 Å². The third kappa shape index (κ3) is 8.52. The zero-order chi connectivity index (χ0) is 33.9. The van der Waals surface area contributed by atoms with Gasteiger partial charge in [0.05, 0.1) is 14.2 Å². The Labute approximate surface area is 276 Å². The summed E-state index contributed by atoms with van der Waals surface area (Å²) in [6.45, 7) is 14.6. The molecule has 0 aromatic heterocycles. The normalized spacial score (nSPS) is 18.0. The quantitative estimate of drug-likeness (QED) is 0.203. The van der Waals surface area contributed by atoms with Crippen LogP contribution in [0.4, 0.5) is 5.69 Å². The maximum absolute atomic E-state index is 9.88. The second-order valence-electron chi connectivity index (χ2n) is 13.0. The number of allylic oxidation sites excluding steroid dienone is 7. The van der Waals surface area contributed by atoms with Gasteiger partial charge in [-0.05, 0) is 68.2 Å². The number of anilines is 1. The van der Waals surface area contributed by atoms with Gasteiger partial charge in [-0.1, -0.05) is 70.9 Å². The maximum atomic E-state index is 9.88. The van der Waals surface area contributed by atoms with Gasteiger partial charge >= 0.3 is 0 Å². The smallest absolute Gasteiger partial charge is 0.172 e. The molecule has 0 fully saturated rings. The zero-order valence-corrected chi connectivity index (χ0v) is 28.8. The van der Waals surface area contributed by atoms with Gasteiger partial charge in [-0.2, -0.15) is 15.8 Å². The summed E-state index contributed by atoms with van der Waals surface area (Å²) in [4.78, 5) is 2.46. The molecule has 0 unspecified atom stereocenters. The van der Waals surface area contributed by atoms with E-state index < -0.39 is 5.60 Å². The fraction of sp³-hybridized carbons (Fsp3) is 0.462. The summed E-state index contributed by atoms with van der Waals surface area (Å²) in [6.07, 6.45) is 16.3. The lowest BCUT2D eigenvalue weighted by atomic mass is 9.74. The number of rotatable bonds is 13. The van der Waals surface area contributed by atoms with E-state index in [2.05, 4.69) is 69.0 Å². The van der Waals surface area contributed by atoms with E-state index in [9.17, 15) is 15.8 Å². The Morgan fingerprint density at radius 2 is 1.61 bits per heavy atom. The molecular weight excluding hydrogens is 572 g/mol.